The van der Waals surface area contributed by atoms with E-state index in [0.29, 0.717) is 28.4 Å². The maximum atomic E-state index is 15.0. The summed E-state index contributed by atoms with van der Waals surface area (Å²) in [5.74, 6) is -3.42. The van der Waals surface area contributed by atoms with Crippen molar-refractivity contribution in [3.05, 3.63) is 88.0 Å². The first-order valence-electron chi connectivity index (χ1n) is 11.8. The highest BCUT2D eigenvalue weighted by Gasteiger charge is 2.48. The van der Waals surface area contributed by atoms with Crippen LogP contribution in [0.4, 0.5) is 14.5 Å². The van der Waals surface area contributed by atoms with Gasteiger partial charge in [-0.1, -0.05) is 12.1 Å². The molecule has 0 spiro atoms. The number of hydrogen-bond donors (Lipinski definition) is 1. The first kappa shape index (κ1) is 26.7. The van der Waals surface area contributed by atoms with E-state index in [9.17, 15) is 23.5 Å². The van der Waals surface area contributed by atoms with Gasteiger partial charge in [0, 0.05) is 6.07 Å². The van der Waals surface area contributed by atoms with Crippen molar-refractivity contribution in [3.63, 3.8) is 0 Å². The molecule has 1 saturated heterocycles. The van der Waals surface area contributed by atoms with Crippen molar-refractivity contribution in [3.8, 4) is 17.2 Å². The Balaban J connectivity index is 2.06. The summed E-state index contributed by atoms with van der Waals surface area (Å²) in [7, 11) is 2.88. The van der Waals surface area contributed by atoms with Crippen LogP contribution in [0.3, 0.4) is 0 Å². The molecule has 1 atom stereocenters. The molecule has 0 bridgehead atoms. The van der Waals surface area contributed by atoms with Crippen LogP contribution in [0.15, 0.2) is 54.1 Å². The lowest BCUT2D eigenvalue weighted by Gasteiger charge is -2.26. The van der Waals surface area contributed by atoms with E-state index in [1.54, 1.807) is 39.0 Å². The fourth-order valence-electron chi connectivity index (χ4n) is 4.74. The largest absolute Gasteiger partial charge is 0.507 e. The van der Waals surface area contributed by atoms with E-state index in [0.717, 1.165) is 28.7 Å². The zero-order valence-electron chi connectivity index (χ0n) is 21.6. The van der Waals surface area contributed by atoms with Gasteiger partial charge < -0.3 is 19.3 Å². The number of Topliss-reactive ketones (excluding diaryl/α,β-unsaturated/α-hetero) is 1. The van der Waals surface area contributed by atoms with E-state index in [4.69, 9.17) is 14.2 Å². The maximum absolute atomic E-state index is 15.0. The maximum Gasteiger partial charge on any atom is 0.300 e. The summed E-state index contributed by atoms with van der Waals surface area (Å²) in [5.41, 5.74) is 1.20. The Morgan fingerprint density at radius 2 is 1.71 bits per heavy atom. The molecule has 1 heterocycles. The molecule has 198 valence electrons. The molecule has 1 aliphatic rings. The molecule has 1 unspecified atom stereocenters. The third kappa shape index (κ3) is 4.55. The van der Waals surface area contributed by atoms with Gasteiger partial charge in [0.05, 0.1) is 43.7 Å². The standard InChI is InChI=1S/C29H27F2NO6/c1-6-38-23-13-17(7-10-22(23)36-4)25-24(26(33)19-12-15(2)11-16(3)28(19)37-5)27(34)29(35)32(25)21-14-18(30)8-9-20(21)31/h7-14,25,33H,6H2,1-5H3/b26-24+. The van der Waals surface area contributed by atoms with Crippen molar-refractivity contribution < 1.29 is 37.7 Å². The van der Waals surface area contributed by atoms with Gasteiger partial charge in [-0.05, 0) is 67.8 Å². The van der Waals surface area contributed by atoms with Crippen molar-refractivity contribution in [2.75, 3.05) is 25.7 Å². The number of nitrogens with zero attached hydrogens (tertiary/aromatic N) is 1. The van der Waals surface area contributed by atoms with Crippen molar-refractivity contribution in [1.29, 1.82) is 0 Å². The minimum absolute atomic E-state index is 0.186. The van der Waals surface area contributed by atoms with Crippen LogP contribution in [0, 0.1) is 25.5 Å². The van der Waals surface area contributed by atoms with Gasteiger partial charge in [-0.3, -0.25) is 14.5 Å². The van der Waals surface area contributed by atoms with Gasteiger partial charge in [-0.2, -0.15) is 0 Å². The summed E-state index contributed by atoms with van der Waals surface area (Å²) in [6.07, 6.45) is 0. The highest BCUT2D eigenvalue weighted by Crippen LogP contribution is 2.46. The Kier molecular flexibility index (Phi) is 7.39. The van der Waals surface area contributed by atoms with Gasteiger partial charge in [0.1, 0.15) is 23.1 Å². The summed E-state index contributed by atoms with van der Waals surface area (Å²) in [6.45, 7) is 5.64. The van der Waals surface area contributed by atoms with E-state index in [1.165, 1.54) is 20.3 Å². The molecular weight excluding hydrogens is 496 g/mol. The smallest absolute Gasteiger partial charge is 0.300 e. The summed E-state index contributed by atoms with van der Waals surface area (Å²) in [6, 6.07) is 9.42. The Morgan fingerprint density at radius 3 is 2.37 bits per heavy atom. The number of ketones is 1. The van der Waals surface area contributed by atoms with Crippen LogP contribution in [-0.4, -0.2) is 37.6 Å². The van der Waals surface area contributed by atoms with E-state index >= 15 is 0 Å². The number of aliphatic hydroxyl groups is 1. The molecule has 1 aliphatic heterocycles. The van der Waals surface area contributed by atoms with Gasteiger partial charge >= 0.3 is 0 Å². The van der Waals surface area contributed by atoms with Crippen molar-refractivity contribution in [2.45, 2.75) is 26.8 Å². The van der Waals surface area contributed by atoms with Crippen LogP contribution in [0.25, 0.3) is 5.76 Å². The predicted octanol–water partition coefficient (Wildman–Crippen LogP) is 5.62. The number of rotatable bonds is 7. The summed E-state index contributed by atoms with van der Waals surface area (Å²) >= 11 is 0. The molecule has 0 radical (unpaired) electrons. The highest BCUT2D eigenvalue weighted by molar-refractivity contribution is 6.51. The Hall–Kier alpha value is -4.40. The third-order valence-corrected chi connectivity index (χ3v) is 6.29. The van der Waals surface area contributed by atoms with Crippen LogP contribution in [-0.2, 0) is 9.59 Å². The molecule has 0 aliphatic carbocycles. The number of anilines is 1. The number of amides is 1. The van der Waals surface area contributed by atoms with Gasteiger partial charge in [0.25, 0.3) is 11.7 Å². The number of carbonyl (C=O) groups excluding carboxylic acids is 2. The summed E-state index contributed by atoms with van der Waals surface area (Å²) < 4.78 is 45.7. The molecule has 0 aromatic heterocycles. The average molecular weight is 524 g/mol. The first-order chi connectivity index (χ1) is 18.1. The molecule has 3 aromatic carbocycles. The molecule has 7 nitrogen and oxygen atoms in total. The number of aliphatic hydroxyl groups excluding tert-OH is 1. The van der Waals surface area contributed by atoms with E-state index in [-0.39, 0.29) is 17.7 Å². The lowest BCUT2D eigenvalue weighted by atomic mass is 9.93. The van der Waals surface area contributed by atoms with Crippen molar-refractivity contribution in [2.24, 2.45) is 0 Å². The van der Waals surface area contributed by atoms with E-state index < -0.39 is 40.8 Å². The molecular formula is C29H27F2NO6. The fourth-order valence-corrected chi connectivity index (χ4v) is 4.74. The monoisotopic (exact) mass is 523 g/mol. The van der Waals surface area contributed by atoms with E-state index in [1.807, 2.05) is 6.07 Å². The topological polar surface area (TPSA) is 85.3 Å². The van der Waals surface area contributed by atoms with Crippen LogP contribution in [0.1, 0.15) is 35.2 Å². The van der Waals surface area contributed by atoms with Gasteiger partial charge in [0.15, 0.2) is 11.5 Å². The fraction of sp³-hybridized carbons (Fsp3) is 0.241. The van der Waals surface area contributed by atoms with E-state index in [2.05, 4.69) is 0 Å². The molecule has 38 heavy (non-hydrogen) atoms. The second-order valence-corrected chi connectivity index (χ2v) is 8.77. The van der Waals surface area contributed by atoms with Crippen molar-refractivity contribution in [1.82, 2.24) is 0 Å². The van der Waals surface area contributed by atoms with Crippen LogP contribution >= 0.6 is 0 Å². The summed E-state index contributed by atoms with van der Waals surface area (Å²) in [5, 5.41) is 11.5. The second kappa shape index (κ2) is 10.5. The minimum atomic E-state index is -1.32. The van der Waals surface area contributed by atoms with Crippen molar-refractivity contribution >= 4 is 23.1 Å². The van der Waals surface area contributed by atoms with Crippen LogP contribution in [0.5, 0.6) is 17.2 Å². The number of hydrogen-bond acceptors (Lipinski definition) is 6. The third-order valence-electron chi connectivity index (χ3n) is 6.29. The highest BCUT2D eigenvalue weighted by atomic mass is 19.1. The van der Waals surface area contributed by atoms with Crippen LogP contribution < -0.4 is 19.1 Å². The van der Waals surface area contributed by atoms with Gasteiger partial charge in [-0.25, -0.2) is 8.78 Å². The van der Waals surface area contributed by atoms with Gasteiger partial charge in [-0.15, -0.1) is 0 Å². The number of halogens is 2. The molecule has 4 rings (SSSR count). The molecule has 1 amide bonds. The second-order valence-electron chi connectivity index (χ2n) is 8.77. The molecule has 1 N–H and O–H groups in total. The predicted molar refractivity (Wildman–Crippen MR) is 138 cm³/mol. The average Bonchev–Trinajstić information content (AvgIpc) is 3.15. The number of methoxy groups -OCH3 is 2. The quantitative estimate of drug-likeness (QED) is 0.246. The zero-order chi connectivity index (χ0) is 27.7. The lowest BCUT2D eigenvalue weighted by Crippen LogP contribution is -2.30. The molecule has 0 saturated carbocycles. The molecule has 1 fully saturated rings. The lowest BCUT2D eigenvalue weighted by molar-refractivity contribution is -0.132. The number of ether oxygens (including phenoxy) is 3. The number of benzene rings is 3. The van der Waals surface area contributed by atoms with Gasteiger partial charge in [0.2, 0.25) is 0 Å². The number of carbonyl (C=O) groups is 2. The Morgan fingerprint density at radius 1 is 0.974 bits per heavy atom. The Bertz CT molecular complexity index is 1470. The molecule has 9 heteroatoms. The summed E-state index contributed by atoms with van der Waals surface area (Å²) in [4.78, 5) is 27.7. The Labute approximate surface area is 218 Å². The SMILES string of the molecule is CCOc1cc(C2/C(=C(\O)c3cc(C)cc(C)c3OC)C(=O)C(=O)N2c2cc(F)ccc2F)ccc1OC. The van der Waals surface area contributed by atoms with Crippen LogP contribution in [0.2, 0.25) is 0 Å². The minimum Gasteiger partial charge on any atom is -0.507 e. The molecule has 3 aromatic rings. The zero-order valence-corrected chi connectivity index (χ0v) is 21.6. The normalized spacial score (nSPS) is 16.6. The first-order valence-corrected chi connectivity index (χ1v) is 11.8. The number of aryl methyl sites for hydroxylation is 2.